The number of hydrogen-bond acceptors (Lipinski definition) is 3. The number of benzene rings is 1. The summed E-state index contributed by atoms with van der Waals surface area (Å²) in [5, 5.41) is 5.73. The number of halogens is 1. The van der Waals surface area contributed by atoms with Gasteiger partial charge in [-0.1, -0.05) is 6.92 Å². The molecule has 0 aliphatic heterocycles. The van der Waals surface area contributed by atoms with Gasteiger partial charge in [0.15, 0.2) is 11.6 Å². The summed E-state index contributed by atoms with van der Waals surface area (Å²) in [6, 6.07) is 4.16. The van der Waals surface area contributed by atoms with Crippen LogP contribution in [0.25, 0.3) is 0 Å². The zero-order valence-electron chi connectivity index (χ0n) is 11.6. The highest BCUT2D eigenvalue weighted by atomic mass is 19.1. The van der Waals surface area contributed by atoms with Crippen molar-refractivity contribution in [3.05, 3.63) is 24.0 Å². The topological polar surface area (TPSA) is 50.4 Å². The summed E-state index contributed by atoms with van der Waals surface area (Å²) in [4.78, 5) is 11.7. The van der Waals surface area contributed by atoms with E-state index < -0.39 is 11.9 Å². The van der Waals surface area contributed by atoms with E-state index in [1.54, 1.807) is 26.0 Å². The highest BCUT2D eigenvalue weighted by molar-refractivity contribution is 5.84. The van der Waals surface area contributed by atoms with E-state index in [2.05, 4.69) is 10.6 Å². The van der Waals surface area contributed by atoms with Crippen molar-refractivity contribution in [1.29, 1.82) is 0 Å². The van der Waals surface area contributed by atoms with Gasteiger partial charge in [0.2, 0.25) is 5.91 Å². The molecule has 1 rings (SSSR count). The van der Waals surface area contributed by atoms with Crippen LogP contribution in [0.2, 0.25) is 0 Å². The Hall–Kier alpha value is -1.78. The van der Waals surface area contributed by atoms with Crippen LogP contribution in [0.4, 0.5) is 10.1 Å². The Labute approximate surface area is 113 Å². The van der Waals surface area contributed by atoms with Gasteiger partial charge in [0.1, 0.15) is 6.04 Å². The Balaban J connectivity index is 2.61. The molecule has 0 radical (unpaired) electrons. The summed E-state index contributed by atoms with van der Waals surface area (Å²) in [5.74, 6) is -0.319. The number of amides is 1. The maximum Gasteiger partial charge on any atom is 0.242 e. The number of hydrogen-bond donors (Lipinski definition) is 2. The fraction of sp³-hybridized carbons (Fsp3) is 0.500. The molecule has 0 aromatic heterocycles. The minimum Gasteiger partial charge on any atom is -0.491 e. The molecule has 106 valence electrons. The van der Waals surface area contributed by atoms with Crippen molar-refractivity contribution in [3.63, 3.8) is 0 Å². The molecule has 0 spiro atoms. The summed E-state index contributed by atoms with van der Waals surface area (Å²) in [6.45, 7) is 6.58. The molecule has 2 N–H and O–H groups in total. The van der Waals surface area contributed by atoms with Gasteiger partial charge in [-0.15, -0.1) is 0 Å². The Bertz CT molecular complexity index is 424. The Morgan fingerprint density at radius 2 is 2.16 bits per heavy atom. The van der Waals surface area contributed by atoms with Crippen LogP contribution in [0.3, 0.4) is 0 Å². The minimum absolute atomic E-state index is 0.101. The average Bonchev–Trinajstić information content (AvgIpc) is 2.39. The SMILES string of the molecule is CCCNC(=O)C(C)Nc1ccc(OCC)c(F)c1. The molecule has 1 amide bonds. The van der Waals surface area contributed by atoms with Gasteiger partial charge >= 0.3 is 0 Å². The molecule has 0 heterocycles. The lowest BCUT2D eigenvalue weighted by Gasteiger charge is -2.15. The van der Waals surface area contributed by atoms with Gasteiger partial charge in [-0.2, -0.15) is 0 Å². The second-order valence-corrected chi connectivity index (χ2v) is 4.24. The number of carbonyl (C=O) groups excluding carboxylic acids is 1. The molecular formula is C14H21FN2O2. The summed E-state index contributed by atoms with van der Waals surface area (Å²) in [7, 11) is 0. The third-order valence-electron chi connectivity index (χ3n) is 2.56. The smallest absolute Gasteiger partial charge is 0.242 e. The Kier molecular flexibility index (Phi) is 6.12. The predicted molar refractivity (Wildman–Crippen MR) is 74.0 cm³/mol. The van der Waals surface area contributed by atoms with Gasteiger partial charge in [0.25, 0.3) is 0 Å². The van der Waals surface area contributed by atoms with Crippen LogP contribution in [-0.4, -0.2) is 25.1 Å². The van der Waals surface area contributed by atoms with Gasteiger partial charge in [0.05, 0.1) is 6.61 Å². The van der Waals surface area contributed by atoms with Crippen LogP contribution >= 0.6 is 0 Å². The van der Waals surface area contributed by atoms with E-state index >= 15 is 0 Å². The normalized spacial score (nSPS) is 11.8. The van der Waals surface area contributed by atoms with Crippen molar-refractivity contribution in [1.82, 2.24) is 5.32 Å². The van der Waals surface area contributed by atoms with E-state index in [0.29, 0.717) is 18.8 Å². The summed E-state index contributed by atoms with van der Waals surface area (Å²) < 4.78 is 18.7. The molecule has 0 saturated heterocycles. The first kappa shape index (κ1) is 15.3. The monoisotopic (exact) mass is 268 g/mol. The van der Waals surface area contributed by atoms with E-state index in [1.165, 1.54) is 6.07 Å². The first-order valence-electron chi connectivity index (χ1n) is 6.55. The van der Waals surface area contributed by atoms with E-state index in [-0.39, 0.29) is 11.7 Å². The van der Waals surface area contributed by atoms with Crippen molar-refractivity contribution >= 4 is 11.6 Å². The maximum absolute atomic E-state index is 13.6. The van der Waals surface area contributed by atoms with Crippen molar-refractivity contribution < 1.29 is 13.9 Å². The first-order chi connectivity index (χ1) is 9.08. The van der Waals surface area contributed by atoms with Crippen LogP contribution in [0.1, 0.15) is 27.2 Å². The maximum atomic E-state index is 13.6. The molecule has 0 aliphatic rings. The van der Waals surface area contributed by atoms with E-state index in [4.69, 9.17) is 4.74 Å². The molecule has 1 atom stereocenters. The van der Waals surface area contributed by atoms with Crippen LogP contribution in [0, 0.1) is 5.82 Å². The van der Waals surface area contributed by atoms with Gasteiger partial charge in [-0.3, -0.25) is 4.79 Å². The van der Waals surface area contributed by atoms with E-state index in [1.807, 2.05) is 6.92 Å². The molecule has 19 heavy (non-hydrogen) atoms. The lowest BCUT2D eigenvalue weighted by atomic mass is 10.2. The van der Waals surface area contributed by atoms with Crippen LogP contribution < -0.4 is 15.4 Å². The second kappa shape index (κ2) is 7.61. The Morgan fingerprint density at radius 3 is 2.74 bits per heavy atom. The van der Waals surface area contributed by atoms with Gasteiger partial charge in [-0.05, 0) is 32.4 Å². The zero-order valence-corrected chi connectivity index (χ0v) is 11.6. The quantitative estimate of drug-likeness (QED) is 0.799. The molecule has 5 heteroatoms. The van der Waals surface area contributed by atoms with Crippen LogP contribution in [0.5, 0.6) is 5.75 Å². The molecule has 4 nitrogen and oxygen atoms in total. The standard InChI is InChI=1S/C14H21FN2O2/c1-4-8-16-14(18)10(3)17-11-6-7-13(19-5-2)12(15)9-11/h6-7,9-10,17H,4-5,8H2,1-3H3,(H,16,18). The van der Waals surface area contributed by atoms with Crippen LogP contribution in [-0.2, 0) is 4.79 Å². The minimum atomic E-state index is -0.437. The molecule has 1 unspecified atom stereocenters. The van der Waals surface area contributed by atoms with Crippen molar-refractivity contribution in [2.75, 3.05) is 18.5 Å². The number of anilines is 1. The highest BCUT2D eigenvalue weighted by Crippen LogP contribution is 2.21. The first-order valence-corrected chi connectivity index (χ1v) is 6.55. The summed E-state index contributed by atoms with van der Waals surface area (Å²) >= 11 is 0. The lowest BCUT2D eigenvalue weighted by molar-refractivity contribution is -0.121. The van der Waals surface area contributed by atoms with Crippen molar-refractivity contribution in [2.45, 2.75) is 33.2 Å². The number of nitrogens with one attached hydrogen (secondary N) is 2. The van der Waals surface area contributed by atoms with Gasteiger partial charge in [0, 0.05) is 18.3 Å². The average molecular weight is 268 g/mol. The fourth-order valence-corrected chi connectivity index (χ4v) is 1.58. The van der Waals surface area contributed by atoms with Crippen molar-refractivity contribution in [2.24, 2.45) is 0 Å². The number of rotatable bonds is 7. The number of ether oxygens (including phenoxy) is 1. The predicted octanol–water partition coefficient (Wildman–Crippen LogP) is 2.55. The van der Waals surface area contributed by atoms with E-state index in [9.17, 15) is 9.18 Å². The molecule has 0 aliphatic carbocycles. The zero-order chi connectivity index (χ0) is 14.3. The summed E-state index contributed by atoms with van der Waals surface area (Å²) in [5.41, 5.74) is 0.556. The largest absolute Gasteiger partial charge is 0.491 e. The fourth-order valence-electron chi connectivity index (χ4n) is 1.58. The van der Waals surface area contributed by atoms with Crippen molar-refractivity contribution in [3.8, 4) is 5.75 Å². The third-order valence-corrected chi connectivity index (χ3v) is 2.56. The third kappa shape index (κ3) is 4.77. The summed E-state index contributed by atoms with van der Waals surface area (Å²) in [6.07, 6.45) is 0.885. The molecule has 1 aromatic carbocycles. The molecule has 0 saturated carbocycles. The lowest BCUT2D eigenvalue weighted by Crippen LogP contribution is -2.37. The molecule has 0 bridgehead atoms. The van der Waals surface area contributed by atoms with Crippen LogP contribution in [0.15, 0.2) is 18.2 Å². The molecule has 0 fully saturated rings. The number of carbonyl (C=O) groups is 1. The second-order valence-electron chi connectivity index (χ2n) is 4.24. The molecule has 1 aromatic rings. The van der Waals surface area contributed by atoms with E-state index in [0.717, 1.165) is 6.42 Å². The highest BCUT2D eigenvalue weighted by Gasteiger charge is 2.12. The molecular weight excluding hydrogens is 247 g/mol. The van der Waals surface area contributed by atoms with Gasteiger partial charge < -0.3 is 15.4 Å². The van der Waals surface area contributed by atoms with Gasteiger partial charge in [-0.25, -0.2) is 4.39 Å². The Morgan fingerprint density at radius 1 is 1.42 bits per heavy atom.